The molecule has 2 heterocycles. The molecule has 0 aromatic heterocycles. The summed E-state index contributed by atoms with van der Waals surface area (Å²) in [5.74, 6) is -1.05. The first-order valence-corrected chi connectivity index (χ1v) is 9.86. The van der Waals surface area contributed by atoms with E-state index in [1.54, 1.807) is 24.3 Å². The number of rotatable bonds is 4. The van der Waals surface area contributed by atoms with E-state index in [1.165, 1.54) is 18.2 Å². The molecule has 2 saturated heterocycles. The molecule has 0 spiro atoms. The fourth-order valence-corrected chi connectivity index (χ4v) is 4.05. The van der Waals surface area contributed by atoms with Crippen molar-refractivity contribution in [2.45, 2.75) is 18.3 Å². The summed E-state index contributed by atoms with van der Waals surface area (Å²) in [6.07, 6.45) is 0.882. The van der Waals surface area contributed by atoms with Crippen LogP contribution in [-0.4, -0.2) is 45.4 Å². The highest BCUT2D eigenvalue weighted by Crippen LogP contribution is 2.37. The molecule has 7 heteroatoms. The van der Waals surface area contributed by atoms with Crippen LogP contribution in [0.15, 0.2) is 42.5 Å². The van der Waals surface area contributed by atoms with E-state index in [0.29, 0.717) is 69.3 Å². The van der Waals surface area contributed by atoms with Crippen molar-refractivity contribution < 1.29 is 23.0 Å². The Balaban J connectivity index is 1.57. The molecule has 2 aromatic carbocycles. The van der Waals surface area contributed by atoms with Gasteiger partial charge in [0.1, 0.15) is 11.6 Å². The van der Waals surface area contributed by atoms with Gasteiger partial charge >= 0.3 is 0 Å². The van der Waals surface area contributed by atoms with Gasteiger partial charge in [-0.15, -0.1) is 0 Å². The number of hydrogen-bond donors (Lipinski definition) is 1. The van der Waals surface area contributed by atoms with Crippen LogP contribution in [0.2, 0.25) is 0 Å². The third kappa shape index (κ3) is 4.11. The molecule has 0 saturated carbocycles. The number of benzene rings is 2. The van der Waals surface area contributed by atoms with Crippen molar-refractivity contribution in [2.24, 2.45) is 0 Å². The minimum atomic E-state index is -0.903. The Morgan fingerprint density at radius 1 is 0.966 bits per heavy atom. The lowest BCUT2D eigenvalue weighted by Crippen LogP contribution is -2.45. The second kappa shape index (κ2) is 8.47. The van der Waals surface area contributed by atoms with Crippen molar-refractivity contribution in [1.82, 2.24) is 0 Å². The molecule has 2 aliphatic rings. The SMILES string of the molecule is O=C(Nc1ccc(N2CCOCC2)c(F)c1)C1(c2cccc(F)c2)CCOCC1. The lowest BCUT2D eigenvalue weighted by Gasteiger charge is -2.36. The molecule has 2 aliphatic heterocycles. The van der Waals surface area contributed by atoms with Gasteiger partial charge in [-0.2, -0.15) is 0 Å². The summed E-state index contributed by atoms with van der Waals surface area (Å²) >= 11 is 0. The molecular formula is C22H24F2N2O3. The Kier molecular flexibility index (Phi) is 5.78. The van der Waals surface area contributed by atoms with Crippen molar-refractivity contribution >= 4 is 17.3 Å². The Bertz CT molecular complexity index is 878. The number of halogens is 2. The Labute approximate surface area is 168 Å². The van der Waals surface area contributed by atoms with Crippen LogP contribution >= 0.6 is 0 Å². The zero-order valence-electron chi connectivity index (χ0n) is 16.1. The van der Waals surface area contributed by atoms with Crippen LogP contribution in [0.5, 0.6) is 0 Å². The molecule has 29 heavy (non-hydrogen) atoms. The molecule has 0 radical (unpaired) electrons. The summed E-state index contributed by atoms with van der Waals surface area (Å²) < 4.78 is 39.3. The highest BCUT2D eigenvalue weighted by Gasteiger charge is 2.42. The monoisotopic (exact) mass is 402 g/mol. The molecule has 2 fully saturated rings. The predicted molar refractivity (Wildman–Crippen MR) is 106 cm³/mol. The van der Waals surface area contributed by atoms with Gasteiger partial charge in [-0.1, -0.05) is 12.1 Å². The fourth-order valence-electron chi connectivity index (χ4n) is 4.05. The van der Waals surface area contributed by atoms with Crippen LogP contribution in [0.4, 0.5) is 20.2 Å². The van der Waals surface area contributed by atoms with E-state index in [2.05, 4.69) is 5.32 Å². The lowest BCUT2D eigenvalue weighted by molar-refractivity contribution is -0.125. The maximum atomic E-state index is 14.7. The summed E-state index contributed by atoms with van der Waals surface area (Å²) in [5, 5.41) is 2.84. The van der Waals surface area contributed by atoms with Gasteiger partial charge in [0.15, 0.2) is 0 Å². The second-order valence-electron chi connectivity index (χ2n) is 7.42. The smallest absolute Gasteiger partial charge is 0.235 e. The van der Waals surface area contributed by atoms with Crippen LogP contribution in [0.3, 0.4) is 0 Å². The van der Waals surface area contributed by atoms with Gasteiger partial charge in [0, 0.05) is 32.0 Å². The summed E-state index contributed by atoms with van der Waals surface area (Å²) in [7, 11) is 0. The number of anilines is 2. The molecule has 0 aliphatic carbocycles. The third-order valence-electron chi connectivity index (χ3n) is 5.72. The van der Waals surface area contributed by atoms with E-state index in [0.717, 1.165) is 0 Å². The van der Waals surface area contributed by atoms with Crippen LogP contribution < -0.4 is 10.2 Å². The van der Waals surface area contributed by atoms with E-state index in [-0.39, 0.29) is 11.7 Å². The highest BCUT2D eigenvalue weighted by atomic mass is 19.1. The minimum absolute atomic E-state index is 0.273. The van der Waals surface area contributed by atoms with Crippen molar-refractivity contribution in [3.8, 4) is 0 Å². The maximum Gasteiger partial charge on any atom is 0.235 e. The predicted octanol–water partition coefficient (Wildman–Crippen LogP) is 3.49. The molecule has 5 nitrogen and oxygen atoms in total. The van der Waals surface area contributed by atoms with E-state index >= 15 is 0 Å². The number of hydrogen-bond acceptors (Lipinski definition) is 4. The molecule has 0 unspecified atom stereocenters. The molecule has 1 N–H and O–H groups in total. The summed E-state index contributed by atoms with van der Waals surface area (Å²) in [6, 6.07) is 10.8. The summed E-state index contributed by atoms with van der Waals surface area (Å²) in [4.78, 5) is 15.2. The largest absolute Gasteiger partial charge is 0.381 e. The highest BCUT2D eigenvalue weighted by molar-refractivity contribution is 5.99. The van der Waals surface area contributed by atoms with Gasteiger partial charge in [0.2, 0.25) is 5.91 Å². The Morgan fingerprint density at radius 2 is 1.69 bits per heavy atom. The molecule has 154 valence electrons. The molecule has 1 amide bonds. The van der Waals surface area contributed by atoms with Crippen LogP contribution in [0.1, 0.15) is 18.4 Å². The van der Waals surface area contributed by atoms with E-state index in [4.69, 9.17) is 9.47 Å². The van der Waals surface area contributed by atoms with Crippen molar-refractivity contribution in [3.63, 3.8) is 0 Å². The van der Waals surface area contributed by atoms with Crippen molar-refractivity contribution in [3.05, 3.63) is 59.7 Å². The Morgan fingerprint density at radius 3 is 2.38 bits per heavy atom. The number of amides is 1. The number of ether oxygens (including phenoxy) is 2. The Hall–Kier alpha value is -2.51. The van der Waals surface area contributed by atoms with Crippen molar-refractivity contribution in [1.29, 1.82) is 0 Å². The molecular weight excluding hydrogens is 378 g/mol. The number of nitrogens with zero attached hydrogens (tertiary/aromatic N) is 1. The summed E-state index contributed by atoms with van der Waals surface area (Å²) in [5.41, 5.74) is 0.590. The zero-order valence-corrected chi connectivity index (χ0v) is 16.1. The number of morpholine rings is 1. The van der Waals surface area contributed by atoms with Gasteiger partial charge in [0.05, 0.1) is 24.3 Å². The van der Waals surface area contributed by atoms with Gasteiger partial charge in [0.25, 0.3) is 0 Å². The third-order valence-corrected chi connectivity index (χ3v) is 5.72. The number of carbonyl (C=O) groups excluding carboxylic acids is 1. The number of nitrogens with one attached hydrogen (secondary N) is 1. The van der Waals surface area contributed by atoms with Crippen molar-refractivity contribution in [2.75, 3.05) is 49.7 Å². The second-order valence-corrected chi connectivity index (χ2v) is 7.42. The minimum Gasteiger partial charge on any atom is -0.381 e. The first kappa shape index (κ1) is 19.8. The van der Waals surface area contributed by atoms with Crippen LogP contribution in [0, 0.1) is 11.6 Å². The average Bonchev–Trinajstić information content (AvgIpc) is 2.75. The van der Waals surface area contributed by atoms with E-state index in [9.17, 15) is 13.6 Å². The molecule has 2 aromatic rings. The fraction of sp³-hybridized carbons (Fsp3) is 0.409. The molecule has 0 bridgehead atoms. The first-order valence-electron chi connectivity index (χ1n) is 9.86. The van der Waals surface area contributed by atoms with Gasteiger partial charge in [-0.3, -0.25) is 4.79 Å². The van der Waals surface area contributed by atoms with E-state index < -0.39 is 11.2 Å². The molecule has 0 atom stereocenters. The standard InChI is InChI=1S/C22H24F2N2O3/c23-17-3-1-2-16(14-17)22(6-10-28-11-7-22)21(27)25-18-4-5-20(19(24)15-18)26-8-12-29-13-9-26/h1-5,14-15H,6-13H2,(H,25,27). The van der Waals surface area contributed by atoms with Crippen LogP contribution in [-0.2, 0) is 19.7 Å². The topological polar surface area (TPSA) is 50.8 Å². The maximum absolute atomic E-state index is 14.7. The normalized spacial score (nSPS) is 19.0. The van der Waals surface area contributed by atoms with Crippen LogP contribution in [0.25, 0.3) is 0 Å². The lowest BCUT2D eigenvalue weighted by atomic mass is 9.73. The van der Waals surface area contributed by atoms with Gasteiger partial charge < -0.3 is 19.7 Å². The summed E-state index contributed by atoms with van der Waals surface area (Å²) in [6.45, 7) is 3.21. The zero-order chi connectivity index (χ0) is 20.3. The molecule has 4 rings (SSSR count). The first-order chi connectivity index (χ1) is 14.1. The van der Waals surface area contributed by atoms with E-state index in [1.807, 2.05) is 4.90 Å². The quantitative estimate of drug-likeness (QED) is 0.851. The van der Waals surface area contributed by atoms with Gasteiger partial charge in [-0.05, 0) is 48.7 Å². The average molecular weight is 402 g/mol. The van der Waals surface area contributed by atoms with Gasteiger partial charge in [-0.25, -0.2) is 8.78 Å². The number of carbonyl (C=O) groups is 1.